The van der Waals surface area contributed by atoms with Crippen LogP contribution in [0.1, 0.15) is 27.4 Å². The fraction of sp³-hybridized carbons (Fsp3) is 0.0833. The first-order valence-corrected chi connectivity index (χ1v) is 9.24. The van der Waals surface area contributed by atoms with Crippen LogP contribution in [0.3, 0.4) is 0 Å². The number of Topliss-reactive ketones (excluding diaryl/α,β-unsaturated/α-hetero) is 1. The van der Waals surface area contributed by atoms with Crippen LogP contribution in [-0.2, 0) is 0 Å². The second kappa shape index (κ2) is 6.63. The van der Waals surface area contributed by atoms with Crippen LogP contribution in [0.5, 0.6) is 11.5 Å². The van der Waals surface area contributed by atoms with Gasteiger partial charge in [0.2, 0.25) is 5.78 Å². The van der Waals surface area contributed by atoms with E-state index < -0.39 is 17.6 Å². The third-order valence-corrected chi connectivity index (χ3v) is 5.25. The molecule has 0 spiro atoms. The standard InChI is InChI=1S/C24H16O5/c25-17-12-6-4-10-15(17)19-20-22(16-11-5-7-13-18(16)28-24(20)27)29-23(19)21(26)14-8-2-1-3-9-14/h1-13,19,23,25H. The van der Waals surface area contributed by atoms with Crippen molar-refractivity contribution in [2.45, 2.75) is 12.0 Å². The average molecular weight is 384 g/mol. The van der Waals surface area contributed by atoms with Crippen LogP contribution in [0.15, 0.2) is 88.1 Å². The van der Waals surface area contributed by atoms with Gasteiger partial charge in [-0.2, -0.15) is 0 Å². The van der Waals surface area contributed by atoms with Crippen molar-refractivity contribution in [2.24, 2.45) is 0 Å². The zero-order valence-corrected chi connectivity index (χ0v) is 15.2. The molecule has 0 aliphatic carbocycles. The first-order valence-electron chi connectivity index (χ1n) is 9.24. The molecule has 4 aromatic rings. The van der Waals surface area contributed by atoms with Crippen molar-refractivity contribution in [3.05, 3.63) is 106 Å². The number of hydrogen-bond acceptors (Lipinski definition) is 5. The number of ether oxygens (including phenoxy) is 1. The molecule has 5 rings (SSSR count). The van der Waals surface area contributed by atoms with Crippen molar-refractivity contribution in [3.8, 4) is 11.5 Å². The molecule has 142 valence electrons. The number of aromatic hydroxyl groups is 1. The van der Waals surface area contributed by atoms with Crippen LogP contribution in [0.25, 0.3) is 11.0 Å². The maximum atomic E-state index is 13.3. The highest BCUT2D eigenvalue weighted by Crippen LogP contribution is 2.46. The van der Waals surface area contributed by atoms with E-state index in [0.29, 0.717) is 27.8 Å². The lowest BCUT2D eigenvalue weighted by Crippen LogP contribution is -2.31. The number of ketones is 1. The summed E-state index contributed by atoms with van der Waals surface area (Å²) in [5, 5.41) is 11.1. The predicted octanol–water partition coefficient (Wildman–Crippen LogP) is 4.27. The number of hydrogen-bond donors (Lipinski definition) is 1. The summed E-state index contributed by atoms with van der Waals surface area (Å²) in [6.07, 6.45) is -0.991. The Morgan fingerprint density at radius 1 is 0.862 bits per heavy atom. The van der Waals surface area contributed by atoms with Crippen molar-refractivity contribution < 1.29 is 19.1 Å². The minimum absolute atomic E-state index is 0.00706. The van der Waals surface area contributed by atoms with E-state index in [2.05, 4.69) is 0 Å². The Bertz CT molecular complexity index is 1290. The molecule has 0 saturated heterocycles. The molecular weight excluding hydrogens is 368 g/mol. The molecule has 29 heavy (non-hydrogen) atoms. The van der Waals surface area contributed by atoms with Crippen molar-refractivity contribution >= 4 is 16.8 Å². The number of benzene rings is 3. The number of carbonyl (C=O) groups is 1. The highest BCUT2D eigenvalue weighted by molar-refractivity contribution is 6.02. The lowest BCUT2D eigenvalue weighted by Gasteiger charge is -2.19. The average Bonchev–Trinajstić information content (AvgIpc) is 3.15. The number of para-hydroxylation sites is 2. The summed E-state index contributed by atoms with van der Waals surface area (Å²) in [7, 11) is 0. The highest BCUT2D eigenvalue weighted by atomic mass is 16.5. The Labute approximate surface area is 165 Å². The first-order chi connectivity index (χ1) is 14.1. The van der Waals surface area contributed by atoms with Crippen LogP contribution in [0.2, 0.25) is 0 Å². The minimum Gasteiger partial charge on any atom is -0.508 e. The zero-order valence-electron chi connectivity index (χ0n) is 15.2. The third kappa shape index (κ3) is 2.70. The van der Waals surface area contributed by atoms with Crippen LogP contribution in [-0.4, -0.2) is 17.0 Å². The minimum atomic E-state index is -0.991. The molecule has 0 fully saturated rings. The van der Waals surface area contributed by atoms with E-state index in [1.54, 1.807) is 60.7 Å². The summed E-state index contributed by atoms with van der Waals surface area (Å²) >= 11 is 0. The molecule has 1 aliphatic heterocycles. The van der Waals surface area contributed by atoms with Gasteiger partial charge in [-0.15, -0.1) is 0 Å². The Kier molecular flexibility index (Phi) is 3.95. The van der Waals surface area contributed by atoms with Gasteiger partial charge in [-0.1, -0.05) is 60.7 Å². The fourth-order valence-electron chi connectivity index (χ4n) is 3.92. The molecule has 0 bridgehead atoms. The number of carbonyl (C=O) groups excluding carboxylic acids is 1. The number of phenolic OH excluding ortho intramolecular Hbond substituents is 1. The number of rotatable bonds is 3. The molecule has 2 heterocycles. The summed E-state index contributed by atoms with van der Waals surface area (Å²) in [6.45, 7) is 0. The summed E-state index contributed by atoms with van der Waals surface area (Å²) < 4.78 is 11.6. The molecule has 2 atom stereocenters. The van der Waals surface area contributed by atoms with Gasteiger partial charge in [-0.05, 0) is 18.2 Å². The second-order valence-electron chi connectivity index (χ2n) is 6.93. The molecule has 2 unspecified atom stereocenters. The van der Waals surface area contributed by atoms with Crippen molar-refractivity contribution in [1.29, 1.82) is 0 Å². The largest absolute Gasteiger partial charge is 0.508 e. The number of phenols is 1. The monoisotopic (exact) mass is 384 g/mol. The predicted molar refractivity (Wildman–Crippen MR) is 108 cm³/mol. The molecule has 5 nitrogen and oxygen atoms in total. The van der Waals surface area contributed by atoms with Crippen molar-refractivity contribution in [3.63, 3.8) is 0 Å². The van der Waals surface area contributed by atoms with Gasteiger partial charge in [-0.3, -0.25) is 4.79 Å². The van der Waals surface area contributed by atoms with Crippen molar-refractivity contribution in [2.75, 3.05) is 0 Å². The molecular formula is C24H16O5. The van der Waals surface area contributed by atoms with Gasteiger partial charge in [0.25, 0.3) is 0 Å². The van der Waals surface area contributed by atoms with Gasteiger partial charge in [0, 0.05) is 11.1 Å². The molecule has 0 amide bonds. The Morgan fingerprint density at radius 2 is 1.55 bits per heavy atom. The van der Waals surface area contributed by atoms with E-state index in [4.69, 9.17) is 9.15 Å². The van der Waals surface area contributed by atoms with Crippen molar-refractivity contribution in [1.82, 2.24) is 0 Å². The van der Waals surface area contributed by atoms with E-state index in [-0.39, 0.29) is 17.1 Å². The molecule has 0 saturated carbocycles. The Hall–Kier alpha value is -3.86. The molecule has 3 aromatic carbocycles. The van der Waals surface area contributed by atoms with Gasteiger partial charge in [-0.25, -0.2) is 4.79 Å². The van der Waals surface area contributed by atoms with Crippen LogP contribution < -0.4 is 10.4 Å². The van der Waals surface area contributed by atoms with E-state index in [1.807, 2.05) is 12.1 Å². The van der Waals surface area contributed by atoms with Crippen LogP contribution >= 0.6 is 0 Å². The van der Waals surface area contributed by atoms with E-state index >= 15 is 0 Å². The van der Waals surface area contributed by atoms with E-state index in [0.717, 1.165) is 0 Å². The fourth-order valence-corrected chi connectivity index (χ4v) is 3.92. The second-order valence-corrected chi connectivity index (χ2v) is 6.93. The van der Waals surface area contributed by atoms with Gasteiger partial charge in [0.1, 0.15) is 17.1 Å². The van der Waals surface area contributed by atoms with E-state index in [1.165, 1.54) is 6.07 Å². The maximum Gasteiger partial charge on any atom is 0.344 e. The van der Waals surface area contributed by atoms with Gasteiger partial charge in [0.05, 0.1) is 16.9 Å². The summed E-state index contributed by atoms with van der Waals surface area (Å²) in [5.74, 6) is -0.718. The quantitative estimate of drug-likeness (QED) is 0.422. The molecule has 1 aromatic heterocycles. The van der Waals surface area contributed by atoms with Gasteiger partial charge in [0.15, 0.2) is 6.10 Å². The highest BCUT2D eigenvalue weighted by Gasteiger charge is 2.45. The maximum absolute atomic E-state index is 13.3. The lowest BCUT2D eigenvalue weighted by molar-refractivity contribution is 0.0807. The topological polar surface area (TPSA) is 76.7 Å². The number of fused-ring (bicyclic) bond motifs is 3. The van der Waals surface area contributed by atoms with Crippen LogP contribution in [0, 0.1) is 0 Å². The SMILES string of the molecule is O=C(c1ccccc1)C1Oc2c(c(=O)oc3ccccc23)C1c1ccccc1O. The smallest absolute Gasteiger partial charge is 0.344 e. The molecule has 0 radical (unpaired) electrons. The molecule has 1 N–H and O–H groups in total. The van der Waals surface area contributed by atoms with Crippen LogP contribution in [0.4, 0.5) is 0 Å². The Balaban J connectivity index is 1.76. The summed E-state index contributed by atoms with van der Waals surface area (Å²) in [6, 6.07) is 22.5. The summed E-state index contributed by atoms with van der Waals surface area (Å²) in [5.41, 5.74) is 0.984. The summed E-state index contributed by atoms with van der Waals surface area (Å²) in [4.78, 5) is 26.2. The Morgan fingerprint density at radius 3 is 2.34 bits per heavy atom. The van der Waals surface area contributed by atoms with Gasteiger partial charge < -0.3 is 14.3 Å². The first kappa shape index (κ1) is 17.3. The van der Waals surface area contributed by atoms with E-state index in [9.17, 15) is 14.7 Å². The zero-order chi connectivity index (χ0) is 20.0. The van der Waals surface area contributed by atoms with Gasteiger partial charge >= 0.3 is 5.63 Å². The lowest BCUT2D eigenvalue weighted by atomic mass is 9.85. The molecule has 5 heteroatoms. The molecule has 1 aliphatic rings. The third-order valence-electron chi connectivity index (χ3n) is 5.25. The normalized spacial score (nSPS) is 17.7.